The van der Waals surface area contributed by atoms with E-state index in [1.54, 1.807) is 12.1 Å². The molecule has 0 saturated carbocycles. The molecule has 0 amide bonds. The minimum atomic E-state index is -0.946. The van der Waals surface area contributed by atoms with Gasteiger partial charge in [-0.25, -0.2) is 4.79 Å². The number of hydrogen-bond acceptors (Lipinski definition) is 5. The molecule has 0 heterocycles. The minimum Gasteiger partial charge on any atom is -0.478 e. The summed E-state index contributed by atoms with van der Waals surface area (Å²) in [5.74, 6) is -0.946. The Morgan fingerprint density at radius 2 is 2.22 bits per heavy atom. The lowest BCUT2D eigenvalue weighted by Crippen LogP contribution is -2.14. The zero-order chi connectivity index (χ0) is 13.4. The minimum absolute atomic E-state index is 0.0116. The molecule has 18 heavy (non-hydrogen) atoms. The molecule has 0 aromatic heterocycles. The third-order valence-electron chi connectivity index (χ3n) is 2.26. The number of hydrogen-bond donors (Lipinski definition) is 3. The molecule has 1 aromatic rings. The van der Waals surface area contributed by atoms with Gasteiger partial charge in [-0.2, -0.15) is 0 Å². The van der Waals surface area contributed by atoms with Crippen molar-refractivity contribution in [2.45, 2.75) is 4.90 Å². The number of carbonyl (C=O) groups is 1. The highest BCUT2D eigenvalue weighted by atomic mass is 32.2. The highest BCUT2D eigenvalue weighted by Gasteiger charge is 2.14. The van der Waals surface area contributed by atoms with Gasteiger partial charge in [-0.3, -0.25) is 0 Å². The molecule has 6 heteroatoms. The van der Waals surface area contributed by atoms with Crippen molar-refractivity contribution in [3.05, 3.63) is 23.8 Å². The first kappa shape index (κ1) is 14.8. The summed E-state index contributed by atoms with van der Waals surface area (Å²) in [5, 5.41) is 20.8. The van der Waals surface area contributed by atoms with E-state index < -0.39 is 5.97 Å². The zero-order valence-corrected chi connectivity index (χ0v) is 11.0. The number of ether oxygens (including phenoxy) is 1. The molecule has 0 bridgehead atoms. The average molecular weight is 271 g/mol. The van der Waals surface area contributed by atoms with E-state index in [0.29, 0.717) is 18.8 Å². The van der Waals surface area contributed by atoms with Crippen LogP contribution in [-0.4, -0.2) is 48.8 Å². The number of carboxylic acid groups (broad SMARTS) is 1. The number of carboxylic acids is 1. The molecule has 5 nitrogen and oxygen atoms in total. The molecule has 3 N–H and O–H groups in total. The first-order valence-electron chi connectivity index (χ1n) is 5.53. The number of aromatic carboxylic acids is 1. The molecule has 0 aliphatic rings. The highest BCUT2D eigenvalue weighted by Crippen LogP contribution is 2.26. The number of benzene rings is 1. The lowest BCUT2D eigenvalue weighted by molar-refractivity contribution is 0.0694. The van der Waals surface area contributed by atoms with E-state index in [9.17, 15) is 9.90 Å². The number of aliphatic hydroxyl groups excluding tert-OH is 1. The second kappa shape index (κ2) is 7.97. The normalized spacial score (nSPS) is 10.3. The van der Waals surface area contributed by atoms with E-state index in [0.717, 1.165) is 4.90 Å². The molecule has 0 atom stereocenters. The van der Waals surface area contributed by atoms with E-state index in [2.05, 4.69) is 5.32 Å². The summed E-state index contributed by atoms with van der Waals surface area (Å²) in [7, 11) is 0. The standard InChI is InChI=1S/C12H17NO4S/c1-18-10-4-2-3-9(11(10)12(15)16)13-5-7-17-8-6-14/h2-4,13-14H,5-8H2,1H3,(H,15,16). The van der Waals surface area contributed by atoms with Gasteiger partial charge in [0.2, 0.25) is 0 Å². The van der Waals surface area contributed by atoms with Crippen LogP contribution in [0.3, 0.4) is 0 Å². The van der Waals surface area contributed by atoms with Crippen LogP contribution in [-0.2, 0) is 4.74 Å². The van der Waals surface area contributed by atoms with Crippen molar-refractivity contribution in [1.82, 2.24) is 0 Å². The number of thioether (sulfide) groups is 1. The van der Waals surface area contributed by atoms with Crippen molar-refractivity contribution in [2.24, 2.45) is 0 Å². The smallest absolute Gasteiger partial charge is 0.338 e. The summed E-state index contributed by atoms with van der Waals surface area (Å²) >= 11 is 1.40. The van der Waals surface area contributed by atoms with Crippen LogP contribution in [0.25, 0.3) is 0 Å². The van der Waals surface area contributed by atoms with Gasteiger partial charge in [-0.1, -0.05) is 6.07 Å². The van der Waals surface area contributed by atoms with Gasteiger partial charge < -0.3 is 20.3 Å². The fraction of sp³-hybridized carbons (Fsp3) is 0.417. The first-order valence-corrected chi connectivity index (χ1v) is 6.76. The Kier molecular flexibility index (Phi) is 6.56. The molecule has 0 spiro atoms. The van der Waals surface area contributed by atoms with Gasteiger partial charge in [-0.05, 0) is 18.4 Å². The van der Waals surface area contributed by atoms with Crippen molar-refractivity contribution in [1.29, 1.82) is 0 Å². The monoisotopic (exact) mass is 271 g/mol. The fourth-order valence-corrected chi connectivity index (χ4v) is 2.11. The van der Waals surface area contributed by atoms with E-state index in [4.69, 9.17) is 9.84 Å². The van der Waals surface area contributed by atoms with E-state index >= 15 is 0 Å². The van der Waals surface area contributed by atoms with Gasteiger partial charge in [0.25, 0.3) is 0 Å². The maximum Gasteiger partial charge on any atom is 0.338 e. The van der Waals surface area contributed by atoms with Crippen molar-refractivity contribution in [3.63, 3.8) is 0 Å². The molecule has 0 aliphatic heterocycles. The summed E-state index contributed by atoms with van der Waals surface area (Å²) < 4.78 is 5.10. The second-order valence-corrected chi connectivity index (χ2v) is 4.30. The predicted octanol–water partition coefficient (Wildman–Crippen LogP) is 1.53. The van der Waals surface area contributed by atoms with Crippen LogP contribution >= 0.6 is 11.8 Å². The zero-order valence-electron chi connectivity index (χ0n) is 10.2. The molecule has 1 rings (SSSR count). The summed E-state index contributed by atoms with van der Waals surface area (Å²) in [6, 6.07) is 5.33. The van der Waals surface area contributed by atoms with Crippen LogP contribution in [0.1, 0.15) is 10.4 Å². The Hall–Kier alpha value is -1.24. The summed E-state index contributed by atoms with van der Waals surface area (Å²) in [6.45, 7) is 1.20. The Morgan fingerprint density at radius 1 is 1.44 bits per heavy atom. The maximum absolute atomic E-state index is 11.2. The van der Waals surface area contributed by atoms with Crippen molar-refractivity contribution >= 4 is 23.4 Å². The molecular weight excluding hydrogens is 254 g/mol. The van der Waals surface area contributed by atoms with Gasteiger partial charge in [0.1, 0.15) is 0 Å². The van der Waals surface area contributed by atoms with Crippen LogP contribution in [0.15, 0.2) is 23.1 Å². The third kappa shape index (κ3) is 4.21. The predicted molar refractivity (Wildman–Crippen MR) is 71.6 cm³/mol. The summed E-state index contributed by atoms with van der Waals surface area (Å²) in [6.07, 6.45) is 1.84. The Bertz CT molecular complexity index is 398. The molecular formula is C12H17NO4S. The van der Waals surface area contributed by atoms with Crippen LogP contribution < -0.4 is 5.32 Å². The number of aliphatic hydroxyl groups is 1. The molecule has 0 saturated heterocycles. The van der Waals surface area contributed by atoms with Gasteiger partial charge in [-0.15, -0.1) is 11.8 Å². The van der Waals surface area contributed by atoms with Crippen LogP contribution in [0, 0.1) is 0 Å². The van der Waals surface area contributed by atoms with E-state index in [1.165, 1.54) is 11.8 Å². The topological polar surface area (TPSA) is 78.8 Å². The van der Waals surface area contributed by atoms with Crippen LogP contribution in [0.2, 0.25) is 0 Å². The van der Waals surface area contributed by atoms with Gasteiger partial charge >= 0.3 is 5.97 Å². The molecule has 0 unspecified atom stereocenters. The largest absolute Gasteiger partial charge is 0.478 e. The molecule has 0 radical (unpaired) electrons. The lowest BCUT2D eigenvalue weighted by atomic mass is 10.2. The molecule has 0 aliphatic carbocycles. The Labute approximate surface area is 110 Å². The molecule has 100 valence electrons. The van der Waals surface area contributed by atoms with E-state index in [1.807, 2.05) is 12.3 Å². The van der Waals surface area contributed by atoms with Crippen molar-refractivity contribution < 1.29 is 19.7 Å². The number of nitrogens with one attached hydrogen (secondary N) is 1. The van der Waals surface area contributed by atoms with Crippen LogP contribution in [0.5, 0.6) is 0 Å². The van der Waals surface area contributed by atoms with Gasteiger partial charge in [0.15, 0.2) is 0 Å². The van der Waals surface area contributed by atoms with Crippen molar-refractivity contribution in [2.75, 3.05) is 37.9 Å². The Balaban J connectivity index is 2.67. The quantitative estimate of drug-likeness (QED) is 0.491. The first-order chi connectivity index (χ1) is 8.70. The summed E-state index contributed by atoms with van der Waals surface area (Å²) in [5.41, 5.74) is 0.870. The number of rotatable bonds is 8. The SMILES string of the molecule is CSc1cccc(NCCOCCO)c1C(=O)O. The Morgan fingerprint density at radius 3 is 2.83 bits per heavy atom. The summed E-state index contributed by atoms with van der Waals surface area (Å²) in [4.78, 5) is 11.9. The van der Waals surface area contributed by atoms with Gasteiger partial charge in [0.05, 0.1) is 25.4 Å². The van der Waals surface area contributed by atoms with E-state index in [-0.39, 0.29) is 18.8 Å². The van der Waals surface area contributed by atoms with Gasteiger partial charge in [0, 0.05) is 17.1 Å². The molecule has 0 fully saturated rings. The second-order valence-electron chi connectivity index (χ2n) is 3.45. The average Bonchev–Trinajstić information content (AvgIpc) is 2.37. The molecule has 1 aromatic carbocycles. The van der Waals surface area contributed by atoms with Crippen LogP contribution in [0.4, 0.5) is 5.69 Å². The third-order valence-corrected chi connectivity index (χ3v) is 3.04. The van der Waals surface area contributed by atoms with Crippen molar-refractivity contribution in [3.8, 4) is 0 Å². The fourth-order valence-electron chi connectivity index (χ4n) is 1.49. The lowest BCUT2D eigenvalue weighted by Gasteiger charge is -2.12. The highest BCUT2D eigenvalue weighted by molar-refractivity contribution is 7.98. The number of anilines is 1. The maximum atomic E-state index is 11.2.